The standard InChI is InChI=1S/C29H27N5O4S/c1-3-25(35)32-24-13-8-16-33(24)29(37)39-17-19-26-21(14-15-30-27(26)39)34(28(36)31-19)20-10-5-7-12-23(20)38-22-11-6-4-9-18(22)2/h4-7,9-12,14-15,17,24H,3,8,13,16H2,1-2H3,(H-,31,32,35,36)/p+1/t24-,39?/m0/s1. The summed E-state index contributed by atoms with van der Waals surface area (Å²) >= 11 is 0. The van der Waals surface area contributed by atoms with Crippen molar-refractivity contribution < 1.29 is 19.1 Å². The van der Waals surface area contributed by atoms with E-state index in [1.165, 1.54) is 0 Å². The normalized spacial score (nSPS) is 16.8. The van der Waals surface area contributed by atoms with Gasteiger partial charge in [-0.15, -0.1) is 0 Å². The molecular formula is C29H28N5O4S+. The van der Waals surface area contributed by atoms with E-state index in [1.54, 1.807) is 34.4 Å². The number of pyridine rings is 1. The van der Waals surface area contributed by atoms with Crippen molar-refractivity contribution in [3.8, 4) is 11.5 Å². The van der Waals surface area contributed by atoms with Gasteiger partial charge >= 0.3 is 11.3 Å². The molecule has 4 aromatic rings. The average molecular weight is 543 g/mol. The number of benzene rings is 2. The van der Waals surface area contributed by atoms with Gasteiger partial charge in [0.2, 0.25) is 5.91 Å². The van der Waals surface area contributed by atoms with Crippen molar-refractivity contribution in [3.05, 3.63) is 71.7 Å². The van der Waals surface area contributed by atoms with E-state index in [0.29, 0.717) is 52.8 Å². The van der Waals surface area contributed by atoms with Crippen molar-refractivity contribution in [2.45, 2.75) is 39.3 Å². The van der Waals surface area contributed by atoms with Crippen molar-refractivity contribution in [3.63, 3.8) is 0 Å². The Bertz CT molecular complexity index is 1620. The van der Waals surface area contributed by atoms with Crippen LogP contribution in [0.5, 0.6) is 11.5 Å². The summed E-state index contributed by atoms with van der Waals surface area (Å²) in [7, 11) is -1.01. The summed E-state index contributed by atoms with van der Waals surface area (Å²) in [6.45, 7) is 4.33. The van der Waals surface area contributed by atoms with Crippen LogP contribution in [0.25, 0.3) is 10.2 Å². The van der Waals surface area contributed by atoms with E-state index in [-0.39, 0.29) is 23.3 Å². The van der Waals surface area contributed by atoms with E-state index in [2.05, 4.69) is 15.6 Å². The molecule has 4 amide bonds. The fourth-order valence-corrected chi connectivity index (χ4v) is 6.95. The Morgan fingerprint density at radius 1 is 1.10 bits per heavy atom. The molecule has 2 aliphatic rings. The zero-order valence-electron chi connectivity index (χ0n) is 21.6. The van der Waals surface area contributed by atoms with Crippen LogP contribution in [-0.2, 0) is 4.79 Å². The first-order chi connectivity index (χ1) is 19.0. The number of hydrogen-bond acceptors (Lipinski definition) is 5. The highest BCUT2D eigenvalue weighted by atomic mass is 32.2. The first-order valence-corrected chi connectivity index (χ1v) is 14.2. The maximum Gasteiger partial charge on any atom is 0.462 e. The molecule has 2 aromatic heterocycles. The lowest BCUT2D eigenvalue weighted by Crippen LogP contribution is -2.45. The van der Waals surface area contributed by atoms with E-state index in [4.69, 9.17) is 4.74 Å². The number of urea groups is 1. The highest BCUT2D eigenvalue weighted by Crippen LogP contribution is 2.49. The number of aryl methyl sites for hydroxylation is 1. The summed E-state index contributed by atoms with van der Waals surface area (Å²) in [5.74, 6) is 1.14. The average Bonchev–Trinajstić information content (AvgIpc) is 3.56. The highest BCUT2D eigenvalue weighted by Gasteiger charge is 2.42. The summed E-state index contributed by atoms with van der Waals surface area (Å²) in [6, 6.07) is 16.5. The number of hydrogen-bond donors (Lipinski definition) is 2. The van der Waals surface area contributed by atoms with Crippen LogP contribution >= 0.6 is 10.5 Å². The molecule has 2 N–H and O–H groups in total. The molecule has 0 bridgehead atoms. The lowest BCUT2D eigenvalue weighted by atomic mass is 10.1. The van der Waals surface area contributed by atoms with Crippen molar-refractivity contribution in [1.82, 2.24) is 15.2 Å². The first-order valence-electron chi connectivity index (χ1n) is 12.9. The number of carbonyl (C=O) groups is 3. The number of anilines is 3. The van der Waals surface area contributed by atoms with Crippen molar-refractivity contribution >= 4 is 54.9 Å². The fraction of sp³-hybridized carbons (Fsp3) is 0.241. The number of para-hydroxylation sites is 3. The summed E-state index contributed by atoms with van der Waals surface area (Å²) < 4.78 is 6.26. The summed E-state index contributed by atoms with van der Waals surface area (Å²) in [5, 5.41) is 8.35. The third-order valence-corrected chi connectivity index (χ3v) is 8.85. The van der Waals surface area contributed by atoms with Crippen LogP contribution in [0.4, 0.5) is 26.7 Å². The molecule has 0 saturated carbocycles. The van der Waals surface area contributed by atoms with Gasteiger partial charge in [0.15, 0.2) is 11.1 Å². The maximum atomic E-state index is 13.8. The van der Waals surface area contributed by atoms with Crippen LogP contribution in [0, 0.1) is 6.92 Å². The minimum atomic E-state index is -1.01. The van der Waals surface area contributed by atoms with Crippen molar-refractivity contribution in [1.29, 1.82) is 0 Å². The molecule has 10 heteroatoms. The second-order valence-corrected chi connectivity index (χ2v) is 11.2. The number of aromatic nitrogens is 1. The predicted octanol–water partition coefficient (Wildman–Crippen LogP) is 6.68. The first kappa shape index (κ1) is 24.9. The zero-order valence-corrected chi connectivity index (χ0v) is 22.5. The van der Waals surface area contributed by atoms with Gasteiger partial charge in [-0.2, -0.15) is 0 Å². The molecule has 0 radical (unpaired) electrons. The Morgan fingerprint density at radius 2 is 1.87 bits per heavy atom. The Labute approximate surface area is 228 Å². The topological polar surface area (TPSA) is 104 Å². The van der Waals surface area contributed by atoms with Crippen LogP contribution in [0.2, 0.25) is 0 Å². The zero-order chi connectivity index (χ0) is 27.1. The van der Waals surface area contributed by atoms with Crippen LogP contribution in [-0.4, -0.2) is 39.8 Å². The Morgan fingerprint density at radius 3 is 2.67 bits per heavy atom. The number of carbonyl (C=O) groups excluding carboxylic acids is 3. The van der Waals surface area contributed by atoms with Crippen LogP contribution in [0.3, 0.4) is 0 Å². The third-order valence-electron chi connectivity index (χ3n) is 7.04. The molecular weight excluding hydrogens is 514 g/mol. The number of likely N-dealkylation sites (tertiary alicyclic amines) is 1. The Hall–Kier alpha value is -4.44. The predicted molar refractivity (Wildman–Crippen MR) is 152 cm³/mol. The van der Waals surface area contributed by atoms with E-state index in [1.807, 2.05) is 55.5 Å². The molecule has 39 heavy (non-hydrogen) atoms. The lowest BCUT2D eigenvalue weighted by Gasteiger charge is -2.28. The SMILES string of the molecule is CCC(=O)N[C@@H]1CCCN1C(=O)[s+]1cc2c3c(ccnc31)N(c1ccccc1Oc1ccccc1C)C(=O)N2. The van der Waals surface area contributed by atoms with Crippen molar-refractivity contribution in [2.75, 3.05) is 16.8 Å². The summed E-state index contributed by atoms with van der Waals surface area (Å²) in [4.78, 5) is 47.8. The minimum absolute atomic E-state index is 0.0844. The third kappa shape index (κ3) is 4.36. The molecule has 2 atom stereocenters. The van der Waals surface area contributed by atoms with E-state index >= 15 is 0 Å². The molecule has 0 spiro atoms. The molecule has 1 saturated heterocycles. The maximum absolute atomic E-state index is 13.8. The second-order valence-electron chi connectivity index (χ2n) is 9.52. The van der Waals surface area contributed by atoms with Crippen LogP contribution in [0.1, 0.15) is 31.7 Å². The highest BCUT2D eigenvalue weighted by molar-refractivity contribution is 7.54. The summed E-state index contributed by atoms with van der Waals surface area (Å²) in [6.07, 6.45) is 3.20. The molecule has 9 nitrogen and oxygen atoms in total. The van der Waals surface area contributed by atoms with Gasteiger partial charge < -0.3 is 15.4 Å². The number of rotatable bonds is 6. The van der Waals surface area contributed by atoms with Gasteiger partial charge in [-0.05, 0) is 49.6 Å². The Kier molecular flexibility index (Phi) is 6.40. The molecule has 198 valence electrons. The monoisotopic (exact) mass is 542 g/mol. The largest absolute Gasteiger partial charge is 0.462 e. The smallest absolute Gasteiger partial charge is 0.455 e. The molecule has 1 unspecified atom stereocenters. The number of thiophene rings is 1. The number of amides is 4. The van der Waals surface area contributed by atoms with E-state index < -0.39 is 10.5 Å². The van der Waals surface area contributed by atoms with Gasteiger partial charge in [-0.25, -0.2) is 14.6 Å². The minimum Gasteiger partial charge on any atom is -0.455 e. The number of nitrogens with zero attached hydrogens (tertiary/aromatic N) is 3. The molecule has 4 heterocycles. The Balaban J connectivity index is 1.40. The molecule has 2 aromatic carbocycles. The van der Waals surface area contributed by atoms with E-state index in [0.717, 1.165) is 17.4 Å². The van der Waals surface area contributed by atoms with Gasteiger partial charge in [0.1, 0.15) is 33.5 Å². The van der Waals surface area contributed by atoms with Gasteiger partial charge in [-0.3, -0.25) is 14.6 Å². The molecule has 1 fully saturated rings. The van der Waals surface area contributed by atoms with Crippen LogP contribution < -0.4 is 20.3 Å². The van der Waals surface area contributed by atoms with Gasteiger partial charge in [-0.1, -0.05) is 37.3 Å². The number of ether oxygens (including phenoxy) is 1. The quantitative estimate of drug-likeness (QED) is 0.264. The van der Waals surface area contributed by atoms with Gasteiger partial charge in [0.25, 0.3) is 4.83 Å². The fourth-order valence-electron chi connectivity index (χ4n) is 5.08. The van der Waals surface area contributed by atoms with Crippen LogP contribution in [0.15, 0.2) is 66.2 Å². The molecule has 0 aliphatic carbocycles. The lowest BCUT2D eigenvalue weighted by molar-refractivity contribution is -0.122. The second kappa shape index (κ2) is 10.0. The summed E-state index contributed by atoms with van der Waals surface area (Å²) in [5.41, 5.74) is 2.77. The number of nitrogens with one attached hydrogen (secondary N) is 2. The molecule has 6 rings (SSSR count). The van der Waals surface area contributed by atoms with Gasteiger partial charge in [0, 0.05) is 19.2 Å². The molecule has 2 aliphatic heterocycles. The van der Waals surface area contributed by atoms with Crippen molar-refractivity contribution in [2.24, 2.45) is 0 Å². The van der Waals surface area contributed by atoms with E-state index in [9.17, 15) is 14.4 Å². The van der Waals surface area contributed by atoms with Gasteiger partial charge in [0.05, 0.1) is 11.4 Å².